The Kier molecular flexibility index (Phi) is 5.44. The molecule has 2 aromatic rings. The fourth-order valence-electron chi connectivity index (χ4n) is 2.69. The molecule has 2 aromatic carbocycles. The van der Waals surface area contributed by atoms with Crippen LogP contribution in [0.4, 0.5) is 11.4 Å². The maximum Gasteiger partial charge on any atom is 0.338 e. The lowest BCUT2D eigenvalue weighted by molar-refractivity contribution is -0.384. The van der Waals surface area contributed by atoms with Gasteiger partial charge in [-0.25, -0.2) is 4.79 Å². The van der Waals surface area contributed by atoms with Gasteiger partial charge in [0.15, 0.2) is 23.9 Å². The lowest BCUT2D eigenvalue weighted by atomic mass is 10.1. The Morgan fingerprint density at radius 3 is 2.43 bits per heavy atom. The number of anilines is 1. The summed E-state index contributed by atoms with van der Waals surface area (Å²) in [5, 5.41) is 11.2. The van der Waals surface area contributed by atoms with Gasteiger partial charge in [-0.1, -0.05) is 0 Å². The molecule has 9 heteroatoms. The largest absolute Gasteiger partial charge is 0.486 e. The van der Waals surface area contributed by atoms with E-state index in [0.29, 0.717) is 36.0 Å². The van der Waals surface area contributed by atoms with Crippen LogP contribution in [0.5, 0.6) is 11.5 Å². The van der Waals surface area contributed by atoms with Crippen LogP contribution in [0.1, 0.15) is 20.7 Å². The van der Waals surface area contributed by atoms with Crippen molar-refractivity contribution in [2.75, 3.05) is 38.8 Å². The summed E-state index contributed by atoms with van der Waals surface area (Å²) in [6, 6.07) is 8.71. The summed E-state index contributed by atoms with van der Waals surface area (Å²) in [5.41, 5.74) is 0.435. The number of Topliss-reactive ketones (excluding diaryl/α,β-unsaturated/α-hetero) is 1. The minimum Gasteiger partial charge on any atom is -0.486 e. The summed E-state index contributed by atoms with van der Waals surface area (Å²) in [7, 11) is 3.32. The molecule has 3 rings (SSSR count). The van der Waals surface area contributed by atoms with E-state index < -0.39 is 23.3 Å². The third-order valence-corrected chi connectivity index (χ3v) is 4.09. The van der Waals surface area contributed by atoms with Crippen molar-refractivity contribution in [3.63, 3.8) is 0 Å². The molecule has 0 saturated carbocycles. The smallest absolute Gasteiger partial charge is 0.338 e. The molecule has 9 nitrogen and oxygen atoms in total. The highest BCUT2D eigenvalue weighted by molar-refractivity contribution is 6.00. The minimum absolute atomic E-state index is 0.00715. The van der Waals surface area contributed by atoms with Crippen molar-refractivity contribution in [3.8, 4) is 11.5 Å². The highest BCUT2D eigenvalue weighted by Crippen LogP contribution is 2.31. The molecule has 0 radical (unpaired) electrons. The Bertz CT molecular complexity index is 940. The van der Waals surface area contributed by atoms with Crippen LogP contribution in [0, 0.1) is 10.1 Å². The van der Waals surface area contributed by atoms with E-state index in [4.69, 9.17) is 14.2 Å². The lowest BCUT2D eigenvalue weighted by Gasteiger charge is -2.18. The Hall–Kier alpha value is -3.62. The van der Waals surface area contributed by atoms with E-state index in [1.54, 1.807) is 31.1 Å². The maximum atomic E-state index is 12.3. The fourth-order valence-corrected chi connectivity index (χ4v) is 2.69. The van der Waals surface area contributed by atoms with Gasteiger partial charge in [-0.05, 0) is 30.3 Å². The van der Waals surface area contributed by atoms with E-state index in [-0.39, 0.29) is 11.3 Å². The number of fused-ring (bicyclic) bond motifs is 1. The maximum absolute atomic E-state index is 12.3. The third-order valence-electron chi connectivity index (χ3n) is 4.09. The zero-order valence-electron chi connectivity index (χ0n) is 15.3. The number of nitro benzene ring substituents is 1. The molecular weight excluding hydrogens is 368 g/mol. The molecule has 146 valence electrons. The van der Waals surface area contributed by atoms with Crippen LogP contribution in [0.25, 0.3) is 0 Å². The van der Waals surface area contributed by atoms with E-state index in [9.17, 15) is 19.7 Å². The second-order valence-electron chi connectivity index (χ2n) is 6.21. The molecular formula is C19H18N2O7. The number of rotatable bonds is 6. The van der Waals surface area contributed by atoms with E-state index in [2.05, 4.69) is 0 Å². The second-order valence-corrected chi connectivity index (χ2v) is 6.21. The first-order valence-electron chi connectivity index (χ1n) is 8.42. The Labute approximate surface area is 160 Å². The number of carbonyl (C=O) groups excluding carboxylic acids is 2. The molecule has 0 atom stereocenters. The number of nitro groups is 1. The van der Waals surface area contributed by atoms with Gasteiger partial charge in [0.25, 0.3) is 5.69 Å². The van der Waals surface area contributed by atoms with Crippen molar-refractivity contribution < 1.29 is 28.7 Å². The Balaban J connectivity index is 1.69. The van der Waals surface area contributed by atoms with Crippen molar-refractivity contribution in [2.24, 2.45) is 0 Å². The fraction of sp³-hybridized carbons (Fsp3) is 0.263. The molecule has 0 amide bonds. The lowest BCUT2D eigenvalue weighted by Crippen LogP contribution is -2.17. The van der Waals surface area contributed by atoms with Gasteiger partial charge in [-0.3, -0.25) is 14.9 Å². The molecule has 28 heavy (non-hydrogen) atoms. The van der Waals surface area contributed by atoms with Crippen LogP contribution < -0.4 is 14.4 Å². The minimum atomic E-state index is -0.820. The van der Waals surface area contributed by atoms with Crippen molar-refractivity contribution in [1.82, 2.24) is 0 Å². The number of benzene rings is 2. The van der Waals surface area contributed by atoms with Crippen molar-refractivity contribution in [2.45, 2.75) is 0 Å². The van der Waals surface area contributed by atoms with E-state index in [1.165, 1.54) is 18.2 Å². The SMILES string of the molecule is CN(C)c1ccc(C(=O)OCC(=O)c2ccc3c(c2)OCCO3)cc1[N+](=O)[O-]. The average molecular weight is 386 g/mol. The molecule has 0 spiro atoms. The molecule has 0 N–H and O–H groups in total. The van der Waals surface area contributed by atoms with E-state index >= 15 is 0 Å². The molecule has 0 bridgehead atoms. The second kappa shape index (κ2) is 7.95. The van der Waals surface area contributed by atoms with Crippen LogP contribution >= 0.6 is 0 Å². The molecule has 0 saturated heterocycles. The molecule has 1 aliphatic heterocycles. The topological polar surface area (TPSA) is 108 Å². The number of nitrogens with zero attached hydrogens (tertiary/aromatic N) is 2. The van der Waals surface area contributed by atoms with Crippen LogP contribution in [0.15, 0.2) is 36.4 Å². The van der Waals surface area contributed by atoms with Crippen molar-refractivity contribution in [1.29, 1.82) is 0 Å². The van der Waals surface area contributed by atoms with E-state index in [1.807, 2.05) is 0 Å². The summed E-state index contributed by atoms with van der Waals surface area (Å²) >= 11 is 0. The predicted molar refractivity (Wildman–Crippen MR) is 99.5 cm³/mol. The molecule has 0 aliphatic carbocycles. The predicted octanol–water partition coefficient (Wildman–Crippen LogP) is 2.47. The number of ketones is 1. The zero-order valence-corrected chi connectivity index (χ0v) is 15.3. The molecule has 0 fully saturated rings. The molecule has 1 aliphatic rings. The van der Waals surface area contributed by atoms with E-state index in [0.717, 1.165) is 6.07 Å². The first kappa shape index (κ1) is 19.2. The molecule has 1 heterocycles. The standard InChI is InChI=1S/C19H18N2O7/c1-20(2)14-5-3-13(9-15(14)21(24)25)19(23)28-11-16(22)12-4-6-17-18(10-12)27-8-7-26-17/h3-6,9-10H,7-8,11H2,1-2H3. The molecule has 0 aromatic heterocycles. The number of hydrogen-bond donors (Lipinski definition) is 0. The Morgan fingerprint density at radius 2 is 1.75 bits per heavy atom. The van der Waals surface area contributed by atoms with Crippen LogP contribution in [-0.4, -0.2) is 50.6 Å². The summed E-state index contributed by atoms with van der Waals surface area (Å²) in [4.78, 5) is 36.7. The first-order valence-corrected chi connectivity index (χ1v) is 8.42. The summed E-state index contributed by atoms with van der Waals surface area (Å²) in [6.45, 7) is 0.333. The van der Waals surface area contributed by atoms with Crippen LogP contribution in [0.3, 0.4) is 0 Å². The zero-order chi connectivity index (χ0) is 20.3. The van der Waals surface area contributed by atoms with Crippen LogP contribution in [-0.2, 0) is 4.74 Å². The number of carbonyl (C=O) groups is 2. The van der Waals surface area contributed by atoms with Gasteiger partial charge in [-0.15, -0.1) is 0 Å². The summed E-state index contributed by atoms with van der Waals surface area (Å²) < 4.78 is 15.8. The number of ether oxygens (including phenoxy) is 3. The summed E-state index contributed by atoms with van der Waals surface area (Å²) in [6.07, 6.45) is 0. The van der Waals surface area contributed by atoms with Crippen molar-refractivity contribution >= 4 is 23.1 Å². The van der Waals surface area contributed by atoms with Gasteiger partial charge < -0.3 is 19.1 Å². The highest BCUT2D eigenvalue weighted by Gasteiger charge is 2.21. The number of hydrogen-bond acceptors (Lipinski definition) is 8. The number of esters is 1. The average Bonchev–Trinajstić information content (AvgIpc) is 2.70. The third kappa shape index (κ3) is 4.03. The Morgan fingerprint density at radius 1 is 1.07 bits per heavy atom. The van der Waals surface area contributed by atoms with Crippen molar-refractivity contribution in [3.05, 3.63) is 57.6 Å². The van der Waals surface area contributed by atoms with Gasteiger partial charge in [-0.2, -0.15) is 0 Å². The van der Waals surface area contributed by atoms with Gasteiger partial charge in [0, 0.05) is 25.7 Å². The summed E-state index contributed by atoms with van der Waals surface area (Å²) in [5.74, 6) is -0.240. The van der Waals surface area contributed by atoms with Gasteiger partial charge in [0.05, 0.1) is 10.5 Å². The van der Waals surface area contributed by atoms with Gasteiger partial charge in [0.2, 0.25) is 0 Å². The highest BCUT2D eigenvalue weighted by atomic mass is 16.6. The van der Waals surface area contributed by atoms with Crippen LogP contribution in [0.2, 0.25) is 0 Å². The quantitative estimate of drug-likeness (QED) is 0.322. The van der Waals surface area contributed by atoms with Gasteiger partial charge >= 0.3 is 5.97 Å². The monoisotopic (exact) mass is 386 g/mol. The first-order chi connectivity index (χ1) is 13.4. The molecule has 0 unspecified atom stereocenters. The van der Waals surface area contributed by atoms with Gasteiger partial charge in [0.1, 0.15) is 18.9 Å². The normalized spacial score (nSPS) is 12.2.